The van der Waals surface area contributed by atoms with Gasteiger partial charge < -0.3 is 9.84 Å². The van der Waals surface area contributed by atoms with Crippen molar-refractivity contribution in [3.63, 3.8) is 0 Å². The molecule has 0 aliphatic rings. The van der Waals surface area contributed by atoms with Gasteiger partial charge in [-0.15, -0.1) is 6.58 Å². The lowest BCUT2D eigenvalue weighted by Gasteiger charge is -2.11. The van der Waals surface area contributed by atoms with Gasteiger partial charge in [-0.2, -0.15) is 0 Å². The van der Waals surface area contributed by atoms with Gasteiger partial charge in [-0.3, -0.25) is 4.79 Å². The summed E-state index contributed by atoms with van der Waals surface area (Å²) in [6.45, 7) is 3.95. The van der Waals surface area contributed by atoms with E-state index in [2.05, 4.69) is 6.58 Å². The molecule has 0 aliphatic heterocycles. The van der Waals surface area contributed by atoms with Crippen LogP contribution in [0.15, 0.2) is 43.0 Å². The fourth-order valence-electron chi connectivity index (χ4n) is 1.16. The van der Waals surface area contributed by atoms with Gasteiger partial charge in [-0.25, -0.2) is 0 Å². The number of ether oxygens (including phenoxy) is 1. The van der Waals surface area contributed by atoms with Crippen molar-refractivity contribution in [2.45, 2.75) is 19.1 Å². The van der Waals surface area contributed by atoms with Crippen LogP contribution in [0.5, 0.6) is 0 Å². The Morgan fingerprint density at radius 3 is 2.67 bits per heavy atom. The Morgan fingerprint density at radius 1 is 1.47 bits per heavy atom. The zero-order valence-electron chi connectivity index (χ0n) is 8.43. The van der Waals surface area contributed by atoms with E-state index in [0.717, 1.165) is 5.56 Å². The predicted octanol–water partition coefficient (Wildman–Crippen LogP) is 2.23. The molecule has 0 radical (unpaired) electrons. The summed E-state index contributed by atoms with van der Waals surface area (Å²) in [7, 11) is 0. The molecule has 15 heavy (non-hydrogen) atoms. The van der Waals surface area contributed by atoms with E-state index >= 15 is 0 Å². The Balaban J connectivity index is 2.41. The summed E-state index contributed by atoms with van der Waals surface area (Å²) >= 11 is 0. The first-order valence-corrected chi connectivity index (χ1v) is 4.72. The van der Waals surface area contributed by atoms with Crippen LogP contribution in [0.25, 0.3) is 0 Å². The summed E-state index contributed by atoms with van der Waals surface area (Å²) in [4.78, 5) is 10.5. The third-order valence-corrected chi connectivity index (χ3v) is 1.95. The second-order valence-electron chi connectivity index (χ2n) is 3.17. The van der Waals surface area contributed by atoms with E-state index in [4.69, 9.17) is 9.84 Å². The maximum absolute atomic E-state index is 10.5. The number of rotatable bonds is 6. The highest BCUT2D eigenvalue weighted by atomic mass is 16.5. The molecule has 0 bridgehead atoms. The van der Waals surface area contributed by atoms with Crippen LogP contribution in [0.4, 0.5) is 0 Å². The van der Waals surface area contributed by atoms with Crippen LogP contribution in [-0.4, -0.2) is 17.2 Å². The van der Waals surface area contributed by atoms with Gasteiger partial charge in [0.25, 0.3) is 0 Å². The number of carbonyl (C=O) groups is 1. The maximum atomic E-state index is 10.5. The van der Waals surface area contributed by atoms with E-state index < -0.39 is 12.1 Å². The van der Waals surface area contributed by atoms with Crippen LogP contribution in [0, 0.1) is 0 Å². The average Bonchev–Trinajstić information content (AvgIpc) is 2.25. The quantitative estimate of drug-likeness (QED) is 0.726. The van der Waals surface area contributed by atoms with Crippen LogP contribution >= 0.6 is 0 Å². The second-order valence-corrected chi connectivity index (χ2v) is 3.17. The first-order valence-electron chi connectivity index (χ1n) is 4.72. The maximum Gasteiger partial charge on any atom is 0.306 e. The SMILES string of the molecule is C=C[C@H](CC(=O)O)OCc1ccccc1. The molecule has 0 saturated carbocycles. The molecule has 3 nitrogen and oxygen atoms in total. The highest BCUT2D eigenvalue weighted by molar-refractivity contribution is 5.67. The lowest BCUT2D eigenvalue weighted by atomic mass is 10.2. The van der Waals surface area contributed by atoms with Crippen molar-refractivity contribution in [1.29, 1.82) is 0 Å². The number of carboxylic acids is 1. The molecule has 0 heterocycles. The normalized spacial score (nSPS) is 12.0. The highest BCUT2D eigenvalue weighted by Crippen LogP contribution is 2.06. The van der Waals surface area contributed by atoms with E-state index in [0.29, 0.717) is 6.61 Å². The first kappa shape index (κ1) is 11.5. The minimum Gasteiger partial charge on any atom is -0.481 e. The summed E-state index contributed by atoms with van der Waals surface area (Å²) in [6.07, 6.45) is 1.04. The van der Waals surface area contributed by atoms with Gasteiger partial charge in [-0.05, 0) is 5.56 Å². The molecule has 1 rings (SSSR count). The Bertz CT molecular complexity index is 319. The minimum atomic E-state index is -0.882. The second kappa shape index (κ2) is 5.98. The topological polar surface area (TPSA) is 46.5 Å². The van der Waals surface area contributed by atoms with Crippen molar-refractivity contribution >= 4 is 5.97 Å². The number of carboxylic acid groups (broad SMARTS) is 1. The van der Waals surface area contributed by atoms with Gasteiger partial charge in [0.05, 0.1) is 19.1 Å². The van der Waals surface area contributed by atoms with E-state index in [1.54, 1.807) is 0 Å². The van der Waals surface area contributed by atoms with Crippen LogP contribution in [0.1, 0.15) is 12.0 Å². The summed E-state index contributed by atoms with van der Waals surface area (Å²) in [5.74, 6) is -0.882. The average molecular weight is 206 g/mol. The molecule has 0 aliphatic carbocycles. The van der Waals surface area contributed by atoms with E-state index in [9.17, 15) is 4.79 Å². The van der Waals surface area contributed by atoms with Crippen molar-refractivity contribution in [1.82, 2.24) is 0 Å². The summed E-state index contributed by atoms with van der Waals surface area (Å²) < 4.78 is 5.39. The number of aliphatic carboxylic acids is 1. The Labute approximate surface area is 89.0 Å². The molecular formula is C12H14O3. The van der Waals surface area contributed by atoms with E-state index in [1.165, 1.54) is 6.08 Å². The van der Waals surface area contributed by atoms with Gasteiger partial charge >= 0.3 is 5.97 Å². The molecule has 1 aromatic carbocycles. The van der Waals surface area contributed by atoms with Crippen molar-refractivity contribution < 1.29 is 14.6 Å². The smallest absolute Gasteiger partial charge is 0.306 e. The molecule has 0 saturated heterocycles. The number of hydrogen-bond donors (Lipinski definition) is 1. The number of benzene rings is 1. The molecule has 3 heteroatoms. The van der Waals surface area contributed by atoms with E-state index in [-0.39, 0.29) is 6.42 Å². The monoisotopic (exact) mass is 206 g/mol. The fourth-order valence-corrected chi connectivity index (χ4v) is 1.16. The van der Waals surface area contributed by atoms with Gasteiger partial charge in [0.1, 0.15) is 0 Å². The number of hydrogen-bond acceptors (Lipinski definition) is 2. The standard InChI is InChI=1S/C12H14O3/c1-2-11(8-12(13)14)15-9-10-6-4-3-5-7-10/h2-7,11H,1,8-9H2,(H,13,14)/t11-/m1/s1. The molecule has 1 atom stereocenters. The molecule has 0 aromatic heterocycles. The molecule has 0 unspecified atom stereocenters. The van der Waals surface area contributed by atoms with Crippen LogP contribution in [-0.2, 0) is 16.1 Å². The molecule has 0 amide bonds. The summed E-state index contributed by atoms with van der Waals surface area (Å²) in [5, 5.41) is 8.58. The molecular weight excluding hydrogens is 192 g/mol. The third kappa shape index (κ3) is 4.42. The largest absolute Gasteiger partial charge is 0.481 e. The van der Waals surface area contributed by atoms with E-state index in [1.807, 2.05) is 30.3 Å². The zero-order valence-corrected chi connectivity index (χ0v) is 8.43. The molecule has 1 N–H and O–H groups in total. The van der Waals surface area contributed by atoms with Gasteiger partial charge in [-0.1, -0.05) is 36.4 Å². The first-order chi connectivity index (χ1) is 7.22. The van der Waals surface area contributed by atoms with Crippen molar-refractivity contribution in [3.05, 3.63) is 48.6 Å². The molecule has 1 aromatic rings. The third-order valence-electron chi connectivity index (χ3n) is 1.95. The Morgan fingerprint density at radius 2 is 2.13 bits per heavy atom. The summed E-state index contributed by atoms with van der Waals surface area (Å²) in [6, 6.07) is 9.62. The van der Waals surface area contributed by atoms with Crippen molar-refractivity contribution in [3.8, 4) is 0 Å². The van der Waals surface area contributed by atoms with Gasteiger partial charge in [0.15, 0.2) is 0 Å². The predicted molar refractivity (Wildman–Crippen MR) is 57.5 cm³/mol. The summed E-state index contributed by atoms with van der Waals surface area (Å²) in [5.41, 5.74) is 1.02. The minimum absolute atomic E-state index is 0.0453. The van der Waals surface area contributed by atoms with Crippen LogP contribution < -0.4 is 0 Å². The lowest BCUT2D eigenvalue weighted by Crippen LogP contribution is -2.14. The molecule has 0 fully saturated rings. The fraction of sp³-hybridized carbons (Fsp3) is 0.250. The van der Waals surface area contributed by atoms with Crippen molar-refractivity contribution in [2.75, 3.05) is 0 Å². The Kier molecular flexibility index (Phi) is 4.57. The lowest BCUT2D eigenvalue weighted by molar-refractivity contribution is -0.139. The van der Waals surface area contributed by atoms with Crippen LogP contribution in [0.2, 0.25) is 0 Å². The van der Waals surface area contributed by atoms with Crippen LogP contribution in [0.3, 0.4) is 0 Å². The molecule has 80 valence electrons. The Hall–Kier alpha value is -1.61. The molecule has 0 spiro atoms. The highest BCUT2D eigenvalue weighted by Gasteiger charge is 2.09. The van der Waals surface area contributed by atoms with Gasteiger partial charge in [0, 0.05) is 0 Å². The van der Waals surface area contributed by atoms with Gasteiger partial charge in [0.2, 0.25) is 0 Å². The van der Waals surface area contributed by atoms with Crippen molar-refractivity contribution in [2.24, 2.45) is 0 Å². The zero-order chi connectivity index (χ0) is 11.1.